The lowest BCUT2D eigenvalue weighted by atomic mass is 10.1. The van der Waals surface area contributed by atoms with E-state index >= 15 is 0 Å². The molecule has 0 radical (unpaired) electrons. The summed E-state index contributed by atoms with van der Waals surface area (Å²) in [4.78, 5) is 26.9. The lowest BCUT2D eigenvalue weighted by Crippen LogP contribution is -2.45. The van der Waals surface area contributed by atoms with E-state index in [0.717, 1.165) is 24.0 Å². The minimum Gasteiger partial charge on any atom is -0.350 e. The highest BCUT2D eigenvalue weighted by molar-refractivity contribution is 5.88. The van der Waals surface area contributed by atoms with E-state index in [-0.39, 0.29) is 17.9 Å². The molecule has 136 valence electrons. The number of hydrogen-bond donors (Lipinski definition) is 1. The van der Waals surface area contributed by atoms with Gasteiger partial charge in [-0.3, -0.25) is 9.59 Å². The topological polar surface area (TPSA) is 49.4 Å². The van der Waals surface area contributed by atoms with Gasteiger partial charge in [-0.2, -0.15) is 0 Å². The number of nitrogens with one attached hydrogen (secondary N) is 1. The first-order valence-corrected chi connectivity index (χ1v) is 9.30. The van der Waals surface area contributed by atoms with E-state index in [1.54, 1.807) is 4.90 Å². The minimum absolute atomic E-state index is 0.0463. The molecule has 0 spiro atoms. The molecule has 4 nitrogen and oxygen atoms in total. The van der Waals surface area contributed by atoms with Gasteiger partial charge in [0.05, 0.1) is 0 Å². The van der Waals surface area contributed by atoms with Crippen molar-refractivity contribution in [3.63, 3.8) is 0 Å². The quantitative estimate of drug-likeness (QED) is 0.869. The number of carbonyl (C=O) groups excluding carboxylic acids is 2. The van der Waals surface area contributed by atoms with E-state index in [1.807, 2.05) is 30.3 Å². The Labute approximate surface area is 155 Å². The maximum atomic E-state index is 12.6. The fourth-order valence-electron chi connectivity index (χ4n) is 3.39. The summed E-state index contributed by atoms with van der Waals surface area (Å²) in [5, 5.41) is 2.97. The van der Waals surface area contributed by atoms with Gasteiger partial charge in [0.2, 0.25) is 11.8 Å². The van der Waals surface area contributed by atoms with Crippen LogP contribution in [0.4, 0.5) is 0 Å². The third kappa shape index (κ3) is 4.72. The summed E-state index contributed by atoms with van der Waals surface area (Å²) in [7, 11) is 0. The Kier molecular flexibility index (Phi) is 6.05. The molecule has 1 aliphatic heterocycles. The van der Waals surface area contributed by atoms with Crippen LogP contribution in [0.15, 0.2) is 54.6 Å². The van der Waals surface area contributed by atoms with Crippen molar-refractivity contribution in [1.82, 2.24) is 10.2 Å². The van der Waals surface area contributed by atoms with Crippen molar-refractivity contribution < 1.29 is 9.59 Å². The predicted octanol–water partition coefficient (Wildman–Crippen LogP) is 3.24. The molecule has 0 aliphatic carbocycles. The van der Waals surface area contributed by atoms with E-state index in [2.05, 4.69) is 36.5 Å². The first-order chi connectivity index (χ1) is 12.6. The standard InChI is InChI=1S/C22H26N2O2/c1-17-9-11-18(12-10-17)13-14-21(25)24-15-5-8-20(24)22(26)23-16-19-6-3-2-4-7-19/h2-4,6-7,9-12,20H,5,8,13-16H2,1H3,(H,23,26)/t20-/m0/s1. The van der Waals surface area contributed by atoms with Gasteiger partial charge in [-0.25, -0.2) is 0 Å². The molecule has 1 aliphatic rings. The molecule has 2 amide bonds. The Morgan fingerprint density at radius 2 is 1.77 bits per heavy atom. The van der Waals surface area contributed by atoms with E-state index in [1.165, 1.54) is 5.56 Å². The monoisotopic (exact) mass is 350 g/mol. The number of benzene rings is 2. The van der Waals surface area contributed by atoms with Crippen LogP contribution in [0.1, 0.15) is 36.0 Å². The van der Waals surface area contributed by atoms with Crippen molar-refractivity contribution >= 4 is 11.8 Å². The highest BCUT2D eigenvalue weighted by Gasteiger charge is 2.33. The lowest BCUT2D eigenvalue weighted by Gasteiger charge is -2.24. The van der Waals surface area contributed by atoms with E-state index in [4.69, 9.17) is 0 Å². The molecule has 0 bridgehead atoms. The summed E-state index contributed by atoms with van der Waals surface area (Å²) in [6, 6.07) is 17.8. The summed E-state index contributed by atoms with van der Waals surface area (Å²) < 4.78 is 0. The van der Waals surface area contributed by atoms with Crippen molar-refractivity contribution in [3.8, 4) is 0 Å². The van der Waals surface area contributed by atoms with Crippen LogP contribution in [0.2, 0.25) is 0 Å². The smallest absolute Gasteiger partial charge is 0.243 e. The normalized spacial score (nSPS) is 16.5. The Hall–Kier alpha value is -2.62. The van der Waals surface area contributed by atoms with Crippen LogP contribution >= 0.6 is 0 Å². The van der Waals surface area contributed by atoms with Gasteiger partial charge < -0.3 is 10.2 Å². The third-order valence-electron chi connectivity index (χ3n) is 4.93. The zero-order chi connectivity index (χ0) is 18.4. The molecule has 3 rings (SSSR count). The second-order valence-corrected chi connectivity index (χ2v) is 6.93. The minimum atomic E-state index is -0.329. The molecule has 1 fully saturated rings. The first kappa shape index (κ1) is 18.2. The molecule has 2 aromatic carbocycles. The molecule has 26 heavy (non-hydrogen) atoms. The average molecular weight is 350 g/mol. The molecule has 1 heterocycles. The highest BCUT2D eigenvalue weighted by atomic mass is 16.2. The molecular weight excluding hydrogens is 324 g/mol. The number of hydrogen-bond acceptors (Lipinski definition) is 2. The van der Waals surface area contributed by atoms with Gasteiger partial charge in [-0.1, -0.05) is 60.2 Å². The van der Waals surface area contributed by atoms with E-state index in [9.17, 15) is 9.59 Å². The van der Waals surface area contributed by atoms with Crippen molar-refractivity contribution in [2.24, 2.45) is 0 Å². The van der Waals surface area contributed by atoms with Crippen molar-refractivity contribution in [1.29, 1.82) is 0 Å². The van der Waals surface area contributed by atoms with Crippen LogP contribution in [-0.2, 0) is 22.6 Å². The SMILES string of the molecule is Cc1ccc(CCC(=O)N2CCC[C@H]2C(=O)NCc2ccccc2)cc1. The third-order valence-corrected chi connectivity index (χ3v) is 4.93. The van der Waals surface area contributed by atoms with Crippen molar-refractivity contribution in [2.75, 3.05) is 6.54 Å². The predicted molar refractivity (Wildman–Crippen MR) is 103 cm³/mol. The molecule has 4 heteroatoms. The van der Waals surface area contributed by atoms with E-state index < -0.39 is 0 Å². The van der Waals surface area contributed by atoms with Crippen LogP contribution in [0, 0.1) is 6.92 Å². The zero-order valence-electron chi connectivity index (χ0n) is 15.3. The maximum Gasteiger partial charge on any atom is 0.243 e. The second-order valence-electron chi connectivity index (χ2n) is 6.93. The summed E-state index contributed by atoms with van der Waals surface area (Å²) >= 11 is 0. The second kappa shape index (κ2) is 8.65. The van der Waals surface area contributed by atoms with Gasteiger partial charge in [0.1, 0.15) is 6.04 Å². The van der Waals surface area contributed by atoms with Gasteiger partial charge in [0, 0.05) is 19.5 Å². The zero-order valence-corrected chi connectivity index (χ0v) is 15.3. The van der Waals surface area contributed by atoms with Gasteiger partial charge in [-0.15, -0.1) is 0 Å². The lowest BCUT2D eigenvalue weighted by molar-refractivity contribution is -0.138. The largest absolute Gasteiger partial charge is 0.350 e. The van der Waals surface area contributed by atoms with Gasteiger partial charge in [0.15, 0.2) is 0 Å². The number of aryl methyl sites for hydroxylation is 2. The molecule has 1 atom stereocenters. The number of rotatable bonds is 6. The number of likely N-dealkylation sites (tertiary alicyclic amines) is 1. The number of nitrogens with zero attached hydrogens (tertiary/aromatic N) is 1. The summed E-state index contributed by atoms with van der Waals surface area (Å²) in [5.41, 5.74) is 3.44. The van der Waals surface area contributed by atoms with Crippen LogP contribution in [0.25, 0.3) is 0 Å². The van der Waals surface area contributed by atoms with E-state index in [0.29, 0.717) is 25.9 Å². The molecule has 0 aromatic heterocycles. The molecule has 1 saturated heterocycles. The highest BCUT2D eigenvalue weighted by Crippen LogP contribution is 2.19. The summed E-state index contributed by atoms with van der Waals surface area (Å²) in [6.07, 6.45) is 2.80. The molecule has 0 unspecified atom stereocenters. The summed E-state index contributed by atoms with van der Waals surface area (Å²) in [5.74, 6) is 0.0259. The number of carbonyl (C=O) groups is 2. The fraction of sp³-hybridized carbons (Fsp3) is 0.364. The molecular formula is C22H26N2O2. The summed E-state index contributed by atoms with van der Waals surface area (Å²) in [6.45, 7) is 3.23. The average Bonchev–Trinajstić information content (AvgIpc) is 3.16. The van der Waals surface area contributed by atoms with Crippen molar-refractivity contribution in [3.05, 3.63) is 71.3 Å². The maximum absolute atomic E-state index is 12.6. The molecule has 0 saturated carbocycles. The van der Waals surface area contributed by atoms with Gasteiger partial charge in [-0.05, 0) is 37.3 Å². The number of amides is 2. The Morgan fingerprint density at radius 1 is 1.04 bits per heavy atom. The van der Waals surface area contributed by atoms with Crippen LogP contribution in [0.5, 0.6) is 0 Å². The molecule has 2 aromatic rings. The van der Waals surface area contributed by atoms with Gasteiger partial charge >= 0.3 is 0 Å². The van der Waals surface area contributed by atoms with Crippen LogP contribution < -0.4 is 5.32 Å². The fourth-order valence-corrected chi connectivity index (χ4v) is 3.39. The Morgan fingerprint density at radius 3 is 2.50 bits per heavy atom. The first-order valence-electron chi connectivity index (χ1n) is 9.30. The Bertz CT molecular complexity index is 740. The van der Waals surface area contributed by atoms with Crippen molar-refractivity contribution in [2.45, 2.75) is 45.2 Å². The Balaban J connectivity index is 1.52. The van der Waals surface area contributed by atoms with Gasteiger partial charge in [0.25, 0.3) is 0 Å². The van der Waals surface area contributed by atoms with Crippen LogP contribution in [-0.4, -0.2) is 29.3 Å². The van der Waals surface area contributed by atoms with Crippen LogP contribution in [0.3, 0.4) is 0 Å². The molecule has 1 N–H and O–H groups in total.